The van der Waals surface area contributed by atoms with Gasteiger partial charge in [0, 0.05) is 22.0 Å². The van der Waals surface area contributed by atoms with Gasteiger partial charge in [0.05, 0.1) is 33.0 Å². The highest BCUT2D eigenvalue weighted by Crippen LogP contribution is 2.33. The molecule has 3 saturated heterocycles. The molecule has 3 rings (SSSR count). The van der Waals surface area contributed by atoms with Crippen molar-refractivity contribution in [3.8, 4) is 0 Å². The lowest BCUT2D eigenvalue weighted by molar-refractivity contribution is -0.416. The number of aliphatic hydroxyl groups is 10. The second kappa shape index (κ2) is 30.7. The number of ether oxygens (including phenoxy) is 8. The molecule has 0 radical (unpaired) electrons. The van der Waals surface area contributed by atoms with Gasteiger partial charge in [-0.15, -0.1) is 0 Å². The van der Waals surface area contributed by atoms with Crippen LogP contribution < -0.4 is 0 Å². The van der Waals surface area contributed by atoms with Crippen LogP contribution in [0.1, 0.15) is 81.1 Å². The Hall–Kier alpha value is -0.330. The maximum atomic E-state index is 11.2. The number of hydrogen-bond acceptors (Lipinski definition) is 19. The monoisotopic (exact) mass is 856 g/mol. The summed E-state index contributed by atoms with van der Waals surface area (Å²) in [5.41, 5.74) is -0.145. The van der Waals surface area contributed by atoms with E-state index >= 15 is 0 Å². The summed E-state index contributed by atoms with van der Waals surface area (Å²) in [6.07, 6.45) is -19.0. The number of hydrogen-bond donors (Lipinski definition) is 11. The summed E-state index contributed by atoms with van der Waals surface area (Å²) in [4.78, 5) is 7.60. The lowest BCUT2D eigenvalue weighted by Gasteiger charge is -2.47. The van der Waals surface area contributed by atoms with Crippen LogP contribution in [0.3, 0.4) is 0 Å². The average molecular weight is 857 g/mol. The van der Waals surface area contributed by atoms with Crippen LogP contribution in [-0.4, -0.2) is 195 Å². The van der Waals surface area contributed by atoms with Crippen LogP contribution >= 0.6 is 8.81 Å². The Morgan fingerprint density at radius 1 is 0.649 bits per heavy atom. The molecule has 0 saturated carbocycles. The Kier molecular flexibility index (Phi) is 30.5. The summed E-state index contributed by atoms with van der Waals surface area (Å²) in [6.45, 7) is 16.9. The Labute approximate surface area is 340 Å². The van der Waals surface area contributed by atoms with Gasteiger partial charge in [0.25, 0.3) is 0 Å². The van der Waals surface area contributed by atoms with Gasteiger partial charge in [-0.05, 0) is 49.6 Å². The standard InChI is InChI=1S/C31H58O17.C3H8O.C2H6.CH5OP/c1-6-31(4,5)14-41-13-19-26(39)48-27(40)30(45-19)47-25-21(36)18(12-34)44-29(23(25)38)46-24-20(35)17(11-33)43-28(22(24)37)42-10-8-16(3)15(2)7-9-32;1-2-3-4;1-2;1-3-2/h15-30,32-40H,6-14H2,1-5H3;4H,2-3H2,1H3;1-2H3;2-3H,1H3. The lowest BCUT2D eigenvalue weighted by atomic mass is 9.91. The smallest absolute Gasteiger partial charge is 0.210 e. The SMILES string of the molecule is CC.CCC(C)(C)COCC1OC(OC2C(O)C(CO)OC(OC3C(O)C(CO)OC(OCCC(C)C(C)CCO)C3O)C2O)C(O)OC1O.CCCO.CPO. The molecule has 0 aromatic carbocycles. The molecule has 0 aromatic heterocycles. The first-order valence-corrected chi connectivity index (χ1v) is 21.4. The van der Waals surface area contributed by atoms with Crippen molar-refractivity contribution in [1.82, 2.24) is 0 Å². The minimum Gasteiger partial charge on any atom is -0.396 e. The highest BCUT2D eigenvalue weighted by molar-refractivity contribution is 7.29. The first-order valence-electron chi connectivity index (χ1n) is 20.0. The van der Waals surface area contributed by atoms with Crippen molar-refractivity contribution < 1.29 is 93.9 Å². The highest BCUT2D eigenvalue weighted by Gasteiger charge is 2.53. The van der Waals surface area contributed by atoms with Crippen molar-refractivity contribution in [1.29, 1.82) is 0 Å². The molecule has 19 nitrogen and oxygen atoms in total. The largest absolute Gasteiger partial charge is 0.396 e. The van der Waals surface area contributed by atoms with E-state index in [9.17, 15) is 46.0 Å². The summed E-state index contributed by atoms with van der Waals surface area (Å²) in [6, 6.07) is 0. The van der Waals surface area contributed by atoms with E-state index in [1.165, 1.54) is 0 Å². The molecule has 20 heteroatoms. The van der Waals surface area contributed by atoms with E-state index in [2.05, 4.69) is 0 Å². The van der Waals surface area contributed by atoms with Crippen molar-refractivity contribution in [3.05, 3.63) is 0 Å². The molecule has 11 N–H and O–H groups in total. The van der Waals surface area contributed by atoms with Crippen LogP contribution in [0.15, 0.2) is 0 Å². The quantitative estimate of drug-likeness (QED) is 0.0705. The Morgan fingerprint density at radius 3 is 1.58 bits per heavy atom. The van der Waals surface area contributed by atoms with Gasteiger partial charge < -0.3 is 93.9 Å². The van der Waals surface area contributed by atoms with E-state index in [1.54, 1.807) is 6.66 Å². The van der Waals surface area contributed by atoms with Gasteiger partial charge in [0.1, 0.15) is 54.9 Å². The maximum absolute atomic E-state index is 11.2. The molecule has 0 bridgehead atoms. The van der Waals surface area contributed by atoms with Gasteiger partial charge in [-0.25, -0.2) is 0 Å². The van der Waals surface area contributed by atoms with Crippen molar-refractivity contribution in [2.75, 3.05) is 52.9 Å². The van der Waals surface area contributed by atoms with Gasteiger partial charge in [-0.1, -0.05) is 55.4 Å². The summed E-state index contributed by atoms with van der Waals surface area (Å²) in [7, 11) is 0.0833. The van der Waals surface area contributed by atoms with Crippen molar-refractivity contribution in [2.45, 2.75) is 167 Å². The fourth-order valence-corrected chi connectivity index (χ4v) is 5.51. The summed E-state index contributed by atoms with van der Waals surface area (Å²) in [5.74, 6) is 0.382. The third-order valence-corrected chi connectivity index (χ3v) is 9.73. The topological polar surface area (TPSA) is 296 Å². The zero-order chi connectivity index (χ0) is 43.9. The second-order valence-corrected chi connectivity index (χ2v) is 15.1. The summed E-state index contributed by atoms with van der Waals surface area (Å²) < 4.78 is 45.0. The molecule has 17 atom stereocenters. The normalized spacial score (nSPS) is 35.6. The molecule has 3 aliphatic heterocycles. The van der Waals surface area contributed by atoms with Crippen LogP contribution in [0.5, 0.6) is 0 Å². The average Bonchev–Trinajstić information content (AvgIpc) is 3.19. The molecule has 17 unspecified atom stereocenters. The zero-order valence-corrected chi connectivity index (χ0v) is 36.2. The fourth-order valence-electron chi connectivity index (χ4n) is 5.51. The van der Waals surface area contributed by atoms with E-state index in [0.29, 0.717) is 26.1 Å². The predicted octanol–water partition coefficient (Wildman–Crippen LogP) is -0.856. The molecule has 0 spiro atoms. The molecular formula is C37H77O19P. The number of aliphatic hydroxyl groups excluding tert-OH is 10. The minimum atomic E-state index is -1.85. The molecule has 3 aliphatic rings. The van der Waals surface area contributed by atoms with Gasteiger partial charge >= 0.3 is 0 Å². The highest BCUT2D eigenvalue weighted by atomic mass is 31.1. The first-order chi connectivity index (χ1) is 27.0. The van der Waals surface area contributed by atoms with Gasteiger partial charge in [0.2, 0.25) is 12.6 Å². The molecule has 3 heterocycles. The Bertz CT molecular complexity index is 972. The molecule has 344 valence electrons. The van der Waals surface area contributed by atoms with E-state index in [1.807, 2.05) is 55.4 Å². The predicted molar refractivity (Wildman–Crippen MR) is 208 cm³/mol. The first kappa shape index (κ1) is 56.7. The minimum absolute atomic E-state index is 0.0550. The van der Waals surface area contributed by atoms with Crippen LogP contribution in [0, 0.1) is 17.3 Å². The van der Waals surface area contributed by atoms with Crippen LogP contribution in [0.25, 0.3) is 0 Å². The third-order valence-electron chi connectivity index (χ3n) is 9.73. The molecule has 0 amide bonds. The van der Waals surface area contributed by atoms with Crippen LogP contribution in [0.2, 0.25) is 0 Å². The van der Waals surface area contributed by atoms with E-state index in [-0.39, 0.29) is 45.9 Å². The molecule has 57 heavy (non-hydrogen) atoms. The van der Waals surface area contributed by atoms with Crippen molar-refractivity contribution in [2.24, 2.45) is 17.3 Å². The van der Waals surface area contributed by atoms with Gasteiger partial charge in [-0.2, -0.15) is 0 Å². The third kappa shape index (κ3) is 19.1. The van der Waals surface area contributed by atoms with E-state index < -0.39 is 99.6 Å². The van der Waals surface area contributed by atoms with Crippen LogP contribution in [0.4, 0.5) is 0 Å². The van der Waals surface area contributed by atoms with Gasteiger partial charge in [0.15, 0.2) is 18.9 Å². The maximum Gasteiger partial charge on any atom is 0.210 e. The fraction of sp³-hybridized carbons (Fsp3) is 1.00. The van der Waals surface area contributed by atoms with E-state index in [4.69, 9.17) is 47.9 Å². The number of rotatable bonds is 19. The van der Waals surface area contributed by atoms with Crippen molar-refractivity contribution in [3.63, 3.8) is 0 Å². The van der Waals surface area contributed by atoms with Gasteiger partial charge in [-0.3, -0.25) is 0 Å². The molecule has 0 aromatic rings. The summed E-state index contributed by atoms with van der Waals surface area (Å²) in [5, 5.41) is 102. The zero-order valence-electron chi connectivity index (χ0n) is 35.2. The Balaban J connectivity index is 0.00000317. The summed E-state index contributed by atoms with van der Waals surface area (Å²) >= 11 is 0. The molecule has 0 aliphatic carbocycles. The second-order valence-electron chi connectivity index (χ2n) is 14.7. The van der Waals surface area contributed by atoms with Crippen LogP contribution in [-0.2, 0) is 37.9 Å². The molecular weight excluding hydrogens is 779 g/mol. The Morgan fingerprint density at radius 2 is 1.11 bits per heavy atom. The van der Waals surface area contributed by atoms with Crippen molar-refractivity contribution >= 4 is 8.81 Å². The molecule has 3 fully saturated rings. The lowest BCUT2D eigenvalue weighted by Crippen LogP contribution is -2.66. The van der Waals surface area contributed by atoms with E-state index in [0.717, 1.165) is 12.8 Å².